The van der Waals surface area contributed by atoms with Crippen molar-refractivity contribution in [3.63, 3.8) is 0 Å². The molecule has 2 aromatic heterocycles. The normalized spacial score (nSPS) is 12.8. The zero-order chi connectivity index (χ0) is 24.2. The van der Waals surface area contributed by atoms with Gasteiger partial charge in [0.25, 0.3) is 0 Å². The number of pyridine rings is 1. The van der Waals surface area contributed by atoms with Crippen LogP contribution in [0.25, 0.3) is 11.4 Å². The molecule has 0 fully saturated rings. The van der Waals surface area contributed by atoms with Crippen molar-refractivity contribution >= 4 is 23.9 Å². The predicted molar refractivity (Wildman–Crippen MR) is 137 cm³/mol. The molecule has 0 atom stereocenters. The van der Waals surface area contributed by atoms with Crippen LogP contribution < -0.4 is 15.0 Å². The lowest BCUT2D eigenvalue weighted by atomic mass is 10.00. The second-order valence-electron chi connectivity index (χ2n) is 8.41. The number of anilines is 1. The Kier molecular flexibility index (Phi) is 6.58. The van der Waals surface area contributed by atoms with Gasteiger partial charge in [0.15, 0.2) is 10.6 Å². The summed E-state index contributed by atoms with van der Waals surface area (Å²) in [4.78, 5) is 19.6. The van der Waals surface area contributed by atoms with Gasteiger partial charge in [0, 0.05) is 31.4 Å². The number of aromatic nitrogens is 4. The highest BCUT2D eigenvalue weighted by Gasteiger charge is 2.17. The smallest absolute Gasteiger partial charge is 0.240 e. The Hall–Kier alpha value is -3.98. The molecule has 0 saturated carbocycles. The fourth-order valence-corrected chi connectivity index (χ4v) is 4.42. The van der Waals surface area contributed by atoms with Gasteiger partial charge in [0.05, 0.1) is 7.11 Å². The molecule has 3 heterocycles. The summed E-state index contributed by atoms with van der Waals surface area (Å²) in [5.41, 5.74) is 4.54. The first kappa shape index (κ1) is 22.8. The van der Waals surface area contributed by atoms with Gasteiger partial charge in [-0.15, -0.1) is 0 Å². The summed E-state index contributed by atoms with van der Waals surface area (Å²) in [7, 11) is 1.62. The highest BCUT2D eigenvalue weighted by atomic mass is 32.1. The molecule has 178 valence electrons. The second-order valence-corrected chi connectivity index (χ2v) is 8.80. The number of carbonyl (C=O) groups excluding carboxylic acids is 1. The van der Waals surface area contributed by atoms with Crippen molar-refractivity contribution in [3.05, 3.63) is 88.3 Å². The minimum Gasteiger partial charge on any atom is -0.497 e. The molecule has 2 N–H and O–H groups in total. The third-order valence-corrected chi connectivity index (χ3v) is 6.47. The summed E-state index contributed by atoms with van der Waals surface area (Å²) in [6.45, 7) is 2.26. The van der Waals surface area contributed by atoms with E-state index in [0.717, 1.165) is 42.2 Å². The van der Waals surface area contributed by atoms with Gasteiger partial charge in [-0.05, 0) is 65.7 Å². The van der Waals surface area contributed by atoms with E-state index in [9.17, 15) is 4.79 Å². The van der Waals surface area contributed by atoms with E-state index in [2.05, 4.69) is 49.7 Å². The first-order valence-electron chi connectivity index (χ1n) is 11.4. The highest BCUT2D eigenvalue weighted by Crippen LogP contribution is 2.23. The monoisotopic (exact) mass is 486 g/mol. The lowest BCUT2D eigenvalue weighted by molar-refractivity contribution is -0.121. The zero-order valence-corrected chi connectivity index (χ0v) is 20.2. The minimum atomic E-state index is -0.158. The molecule has 1 aliphatic heterocycles. The molecule has 8 nitrogen and oxygen atoms in total. The van der Waals surface area contributed by atoms with Crippen LogP contribution in [0.5, 0.6) is 5.75 Å². The summed E-state index contributed by atoms with van der Waals surface area (Å²) in [6, 6.07) is 20.0. The van der Waals surface area contributed by atoms with E-state index in [1.807, 2.05) is 42.6 Å². The van der Waals surface area contributed by atoms with Gasteiger partial charge in [-0.25, -0.2) is 4.98 Å². The van der Waals surface area contributed by atoms with Crippen LogP contribution in [0, 0.1) is 4.77 Å². The number of amides is 1. The molecule has 0 saturated heterocycles. The molecule has 2 aromatic carbocycles. The van der Waals surface area contributed by atoms with Crippen molar-refractivity contribution in [2.24, 2.45) is 0 Å². The lowest BCUT2D eigenvalue weighted by Crippen LogP contribution is -2.31. The molecule has 35 heavy (non-hydrogen) atoms. The number of ether oxygens (including phenoxy) is 1. The van der Waals surface area contributed by atoms with E-state index in [-0.39, 0.29) is 12.5 Å². The summed E-state index contributed by atoms with van der Waals surface area (Å²) < 4.78 is 7.28. The zero-order valence-electron chi connectivity index (χ0n) is 19.4. The van der Waals surface area contributed by atoms with Gasteiger partial charge in [-0.3, -0.25) is 14.5 Å². The Balaban J connectivity index is 1.19. The number of H-pyrrole nitrogens is 1. The maximum absolute atomic E-state index is 12.7. The maximum Gasteiger partial charge on any atom is 0.240 e. The van der Waals surface area contributed by atoms with E-state index >= 15 is 0 Å². The van der Waals surface area contributed by atoms with Gasteiger partial charge < -0.3 is 15.0 Å². The number of benzene rings is 2. The van der Waals surface area contributed by atoms with Crippen LogP contribution in [0.1, 0.15) is 16.7 Å². The largest absolute Gasteiger partial charge is 0.497 e. The Morgan fingerprint density at radius 2 is 1.91 bits per heavy atom. The quantitative estimate of drug-likeness (QED) is 0.386. The van der Waals surface area contributed by atoms with Crippen molar-refractivity contribution in [1.29, 1.82) is 0 Å². The number of hydrogen-bond acceptors (Lipinski definition) is 6. The number of nitrogens with one attached hydrogen (secondary N) is 2. The minimum absolute atomic E-state index is 0.0649. The van der Waals surface area contributed by atoms with Crippen LogP contribution in [0.15, 0.2) is 66.9 Å². The number of nitrogens with zero attached hydrogens (tertiary/aromatic N) is 4. The molecule has 0 bridgehead atoms. The SMILES string of the molecule is COc1ccc(-c2n[nH]c(=S)n2CC(=O)NCc2ccc(N3CCc4ccccc4C3)nc2)cc1. The summed E-state index contributed by atoms with van der Waals surface area (Å²) in [5.74, 6) is 2.14. The Bertz CT molecular complexity index is 1380. The van der Waals surface area contributed by atoms with Gasteiger partial charge in [0.2, 0.25) is 5.91 Å². The fourth-order valence-electron chi connectivity index (χ4n) is 4.22. The van der Waals surface area contributed by atoms with Gasteiger partial charge in [0.1, 0.15) is 18.1 Å². The first-order chi connectivity index (χ1) is 17.1. The van der Waals surface area contributed by atoms with Crippen molar-refractivity contribution in [3.8, 4) is 17.1 Å². The summed E-state index contributed by atoms with van der Waals surface area (Å²) in [6.07, 6.45) is 2.84. The predicted octanol–water partition coefficient (Wildman–Crippen LogP) is 3.89. The third-order valence-electron chi connectivity index (χ3n) is 6.16. The first-order valence-corrected chi connectivity index (χ1v) is 11.8. The molecule has 9 heteroatoms. The van der Waals surface area contributed by atoms with Gasteiger partial charge in [-0.2, -0.15) is 5.10 Å². The summed E-state index contributed by atoms with van der Waals surface area (Å²) in [5, 5.41) is 10.0. The fraction of sp³-hybridized carbons (Fsp3) is 0.231. The van der Waals surface area contributed by atoms with Crippen LogP contribution >= 0.6 is 12.2 Å². The van der Waals surface area contributed by atoms with Crippen LogP contribution in [-0.2, 0) is 30.8 Å². The van der Waals surface area contributed by atoms with E-state index in [4.69, 9.17) is 17.0 Å². The average Bonchev–Trinajstić information content (AvgIpc) is 3.27. The highest BCUT2D eigenvalue weighted by molar-refractivity contribution is 7.71. The van der Waals surface area contributed by atoms with Crippen molar-refractivity contribution in [2.45, 2.75) is 26.1 Å². The number of carbonyl (C=O) groups is 1. The summed E-state index contributed by atoms with van der Waals surface area (Å²) >= 11 is 5.34. The Morgan fingerprint density at radius 3 is 2.66 bits per heavy atom. The van der Waals surface area contributed by atoms with Crippen molar-refractivity contribution < 1.29 is 9.53 Å². The molecule has 1 amide bonds. The van der Waals surface area contributed by atoms with E-state index in [1.54, 1.807) is 11.7 Å². The molecule has 4 aromatic rings. The van der Waals surface area contributed by atoms with Crippen molar-refractivity contribution in [1.82, 2.24) is 25.1 Å². The molecular formula is C26H26N6O2S. The lowest BCUT2D eigenvalue weighted by Gasteiger charge is -2.29. The number of fused-ring (bicyclic) bond motifs is 1. The second kappa shape index (κ2) is 10.1. The maximum atomic E-state index is 12.7. The number of methoxy groups -OCH3 is 1. The van der Waals surface area contributed by atoms with E-state index in [1.165, 1.54) is 11.1 Å². The number of hydrogen-bond donors (Lipinski definition) is 2. The third kappa shape index (κ3) is 5.09. The van der Waals surface area contributed by atoms with Gasteiger partial charge >= 0.3 is 0 Å². The Morgan fingerprint density at radius 1 is 1.11 bits per heavy atom. The molecule has 0 aliphatic carbocycles. The van der Waals surface area contributed by atoms with E-state index < -0.39 is 0 Å². The van der Waals surface area contributed by atoms with E-state index in [0.29, 0.717) is 17.1 Å². The van der Waals surface area contributed by atoms with Crippen LogP contribution in [-0.4, -0.2) is 39.3 Å². The van der Waals surface area contributed by atoms with Crippen LogP contribution in [0.3, 0.4) is 0 Å². The molecule has 0 spiro atoms. The van der Waals surface area contributed by atoms with Gasteiger partial charge in [-0.1, -0.05) is 30.3 Å². The molecular weight excluding hydrogens is 460 g/mol. The standard InChI is InChI=1S/C26H26N6O2S/c1-34-22-9-7-20(8-10-22)25-29-30-26(35)32(25)17-24(33)28-15-18-6-11-23(27-14-18)31-13-12-19-4-2-3-5-21(19)16-31/h2-11,14H,12-13,15-17H2,1H3,(H,28,33)(H,30,35). The topological polar surface area (TPSA) is 88.1 Å². The molecule has 5 rings (SSSR count). The molecule has 0 unspecified atom stereocenters. The average molecular weight is 487 g/mol. The molecule has 0 radical (unpaired) electrons. The number of aromatic amines is 1. The van der Waals surface area contributed by atoms with Crippen LogP contribution in [0.2, 0.25) is 0 Å². The van der Waals surface area contributed by atoms with Crippen LogP contribution in [0.4, 0.5) is 5.82 Å². The Labute approximate surface area is 208 Å². The number of rotatable bonds is 7. The molecule has 1 aliphatic rings. The van der Waals surface area contributed by atoms with Crippen molar-refractivity contribution in [2.75, 3.05) is 18.6 Å².